The molecule has 4 unspecified atom stereocenters. The second kappa shape index (κ2) is 12.0. The van der Waals surface area contributed by atoms with E-state index in [4.69, 9.17) is 23.7 Å². The number of benzene rings is 2. The Morgan fingerprint density at radius 1 is 1.11 bits per heavy atom. The highest BCUT2D eigenvalue weighted by molar-refractivity contribution is 5.59. The van der Waals surface area contributed by atoms with Gasteiger partial charge in [0.25, 0.3) is 0 Å². The van der Waals surface area contributed by atoms with Crippen molar-refractivity contribution < 1.29 is 33.7 Å². The summed E-state index contributed by atoms with van der Waals surface area (Å²) in [6, 6.07) is 11.6. The summed E-state index contributed by atoms with van der Waals surface area (Å²) in [7, 11) is 4.47. The molecule has 1 N–H and O–H groups in total. The number of para-hydroxylation sites is 2. The van der Waals surface area contributed by atoms with Crippen LogP contribution in [0.1, 0.15) is 45.1 Å². The number of nitrogens with zero attached hydrogens (tertiary/aromatic N) is 2. The van der Waals surface area contributed by atoms with Crippen molar-refractivity contribution in [3.63, 3.8) is 0 Å². The Morgan fingerprint density at radius 2 is 1.73 bits per heavy atom. The number of rotatable bonds is 13. The molecule has 1 aliphatic rings. The molecule has 2 aromatic rings. The molecule has 0 fully saturated rings. The van der Waals surface area contributed by atoms with Crippen molar-refractivity contribution in [2.75, 3.05) is 21.3 Å². The lowest BCUT2D eigenvalue weighted by Crippen LogP contribution is -2.41. The minimum atomic E-state index is -1.35. The molecule has 0 saturated carbocycles. The second-order valence-electron chi connectivity index (χ2n) is 9.08. The molecule has 0 saturated heterocycles. The van der Waals surface area contributed by atoms with Crippen LogP contribution >= 0.6 is 0 Å². The fourth-order valence-electron chi connectivity index (χ4n) is 4.87. The molecule has 0 radical (unpaired) electrons. The van der Waals surface area contributed by atoms with Crippen LogP contribution in [0.5, 0.6) is 28.7 Å². The summed E-state index contributed by atoms with van der Waals surface area (Å²) in [5, 5.41) is 33.4. The van der Waals surface area contributed by atoms with E-state index in [0.717, 1.165) is 0 Å². The van der Waals surface area contributed by atoms with Crippen molar-refractivity contribution in [3.8, 4) is 34.8 Å². The van der Waals surface area contributed by atoms with E-state index >= 15 is 0 Å². The number of hydrogen-bond donors (Lipinski definition) is 1. The van der Waals surface area contributed by atoms with Crippen LogP contribution in [0.25, 0.3) is 0 Å². The Hall–Kier alpha value is -3.71. The first-order valence-electron chi connectivity index (χ1n) is 12.2. The van der Waals surface area contributed by atoms with Gasteiger partial charge in [-0.25, -0.2) is 0 Å². The van der Waals surface area contributed by atoms with Gasteiger partial charge in [-0.15, -0.1) is 0 Å². The smallest absolute Gasteiger partial charge is 0.248 e. The Bertz CT molecular complexity index is 1110. The van der Waals surface area contributed by atoms with Gasteiger partial charge in [0, 0.05) is 10.5 Å². The summed E-state index contributed by atoms with van der Waals surface area (Å²) in [6.45, 7) is 3.90. The zero-order valence-electron chi connectivity index (χ0n) is 21.8. The molecule has 0 spiro atoms. The first-order valence-corrected chi connectivity index (χ1v) is 12.2. The van der Waals surface area contributed by atoms with Crippen molar-refractivity contribution >= 4 is 0 Å². The molecule has 1 heterocycles. The number of nitriles is 1. The van der Waals surface area contributed by atoms with Gasteiger partial charge in [0.2, 0.25) is 18.1 Å². The molecular formula is C27H34N2O8. The largest absolute Gasteiger partial charge is 0.493 e. The number of methoxy groups -OCH3 is 3. The summed E-state index contributed by atoms with van der Waals surface area (Å²) < 4.78 is 27.9. The molecule has 0 bridgehead atoms. The molecule has 2 aromatic carbocycles. The third kappa shape index (κ3) is 5.52. The molecular weight excluding hydrogens is 480 g/mol. The number of aliphatic hydroxyl groups is 1. The maximum absolute atomic E-state index is 11.9. The Morgan fingerprint density at radius 3 is 2.22 bits per heavy atom. The fourth-order valence-corrected chi connectivity index (χ4v) is 4.87. The summed E-state index contributed by atoms with van der Waals surface area (Å²) in [4.78, 5) is 11.4. The predicted molar refractivity (Wildman–Crippen MR) is 135 cm³/mol. The van der Waals surface area contributed by atoms with Crippen LogP contribution in [0.15, 0.2) is 36.4 Å². The van der Waals surface area contributed by atoms with Crippen LogP contribution in [0.2, 0.25) is 0 Å². The van der Waals surface area contributed by atoms with E-state index in [0.29, 0.717) is 40.7 Å². The van der Waals surface area contributed by atoms with Crippen LogP contribution in [-0.2, 0) is 5.41 Å². The van der Waals surface area contributed by atoms with Gasteiger partial charge < -0.3 is 28.8 Å². The normalized spacial score (nSPS) is 16.7. The highest BCUT2D eigenvalue weighted by Crippen LogP contribution is 2.49. The lowest BCUT2D eigenvalue weighted by atomic mass is 9.67. The van der Waals surface area contributed by atoms with Crippen LogP contribution in [0.4, 0.5) is 0 Å². The molecule has 4 atom stereocenters. The van der Waals surface area contributed by atoms with Crippen molar-refractivity contribution in [3.05, 3.63) is 52.1 Å². The van der Waals surface area contributed by atoms with Crippen LogP contribution < -0.4 is 23.7 Å². The molecule has 10 nitrogen and oxygen atoms in total. The van der Waals surface area contributed by atoms with E-state index in [1.165, 1.54) is 21.3 Å². The van der Waals surface area contributed by atoms with E-state index in [1.54, 1.807) is 36.4 Å². The van der Waals surface area contributed by atoms with Crippen molar-refractivity contribution in [2.45, 2.75) is 63.4 Å². The fraction of sp³-hybridized carbons (Fsp3) is 0.519. The Balaban J connectivity index is 1.87. The van der Waals surface area contributed by atoms with E-state index in [-0.39, 0.29) is 25.2 Å². The zero-order chi connectivity index (χ0) is 27.2. The molecule has 37 heavy (non-hydrogen) atoms. The van der Waals surface area contributed by atoms with Gasteiger partial charge in [0.15, 0.2) is 23.0 Å². The SMILES string of the molecule is CCC(C)C(C#N)(CCC(O)C(CC1Oc2ccccc2O1)[N+](=O)[O-])c1ccc(OC)c(OC)c1OC. The summed E-state index contributed by atoms with van der Waals surface area (Å²) in [5.41, 5.74) is -0.537. The number of fused-ring (bicyclic) bond motifs is 1. The maximum Gasteiger partial charge on any atom is 0.248 e. The minimum absolute atomic E-state index is 0.000708. The lowest BCUT2D eigenvalue weighted by molar-refractivity contribution is -0.538. The second-order valence-corrected chi connectivity index (χ2v) is 9.08. The van der Waals surface area contributed by atoms with E-state index in [2.05, 4.69) is 6.07 Å². The molecule has 0 aliphatic carbocycles. The van der Waals surface area contributed by atoms with Crippen LogP contribution in [-0.4, -0.2) is 49.8 Å². The van der Waals surface area contributed by atoms with Gasteiger partial charge in [-0.05, 0) is 43.0 Å². The highest BCUT2D eigenvalue weighted by Gasteiger charge is 2.44. The molecule has 0 aromatic heterocycles. The number of ether oxygens (including phenoxy) is 5. The number of aliphatic hydroxyl groups excluding tert-OH is 1. The number of nitro groups is 1. The summed E-state index contributed by atoms with van der Waals surface area (Å²) >= 11 is 0. The van der Waals surface area contributed by atoms with Gasteiger partial charge in [-0.2, -0.15) is 5.26 Å². The van der Waals surface area contributed by atoms with Crippen molar-refractivity contribution in [1.29, 1.82) is 5.26 Å². The average molecular weight is 515 g/mol. The van der Waals surface area contributed by atoms with Crippen molar-refractivity contribution in [2.24, 2.45) is 5.92 Å². The Kier molecular flexibility index (Phi) is 9.05. The average Bonchev–Trinajstić information content (AvgIpc) is 3.33. The zero-order valence-corrected chi connectivity index (χ0v) is 21.8. The van der Waals surface area contributed by atoms with Gasteiger partial charge in [0.1, 0.15) is 6.10 Å². The topological polar surface area (TPSA) is 133 Å². The van der Waals surface area contributed by atoms with E-state index in [9.17, 15) is 20.5 Å². The van der Waals surface area contributed by atoms with Crippen molar-refractivity contribution in [1.82, 2.24) is 0 Å². The lowest BCUT2D eigenvalue weighted by Gasteiger charge is -2.35. The molecule has 3 rings (SSSR count). The molecule has 0 amide bonds. The van der Waals surface area contributed by atoms with Gasteiger partial charge in [-0.1, -0.05) is 32.4 Å². The maximum atomic E-state index is 11.9. The summed E-state index contributed by atoms with van der Waals surface area (Å²) in [5.74, 6) is 2.00. The quantitative estimate of drug-likeness (QED) is 0.303. The molecule has 1 aliphatic heterocycles. The van der Waals surface area contributed by atoms with Gasteiger partial charge in [0.05, 0.1) is 39.2 Å². The monoisotopic (exact) mass is 514 g/mol. The standard InChI is InChI=1S/C27H34N2O8/c1-6-17(2)27(16-28,18-11-12-23(33-3)26(35-5)25(18)34-4)14-13-20(30)19(29(31)32)15-24-36-21-9-7-8-10-22(21)37-24/h7-12,17,19-20,24,30H,6,13-15H2,1-5H3. The highest BCUT2D eigenvalue weighted by atomic mass is 16.7. The van der Waals surface area contributed by atoms with Gasteiger partial charge >= 0.3 is 0 Å². The predicted octanol–water partition coefficient (Wildman–Crippen LogP) is 4.49. The van der Waals surface area contributed by atoms with Crippen LogP contribution in [0, 0.1) is 27.4 Å². The van der Waals surface area contributed by atoms with E-state index in [1.807, 2.05) is 13.8 Å². The first kappa shape index (κ1) is 27.9. The van der Waals surface area contributed by atoms with E-state index < -0.39 is 28.8 Å². The Labute approximate surface area is 216 Å². The molecule has 200 valence electrons. The third-order valence-electron chi connectivity index (χ3n) is 7.19. The number of hydrogen-bond acceptors (Lipinski definition) is 9. The third-order valence-corrected chi connectivity index (χ3v) is 7.19. The first-order chi connectivity index (χ1) is 17.8. The molecule has 10 heteroatoms. The van der Waals surface area contributed by atoms with Crippen LogP contribution in [0.3, 0.4) is 0 Å². The summed E-state index contributed by atoms with van der Waals surface area (Å²) in [6.07, 6.45) is -1.56. The van der Waals surface area contributed by atoms with Gasteiger partial charge in [-0.3, -0.25) is 10.1 Å². The minimum Gasteiger partial charge on any atom is -0.493 e.